The van der Waals surface area contributed by atoms with E-state index in [-0.39, 0.29) is 36.2 Å². The molecule has 27 heavy (non-hydrogen) atoms. The molecule has 0 unspecified atom stereocenters. The maximum absolute atomic E-state index is 12.4. The fourth-order valence-corrected chi connectivity index (χ4v) is 2.39. The van der Waals surface area contributed by atoms with Gasteiger partial charge in [0.2, 0.25) is 0 Å². The third kappa shape index (κ3) is 4.46. The van der Waals surface area contributed by atoms with Crippen LogP contribution >= 0.6 is 0 Å². The summed E-state index contributed by atoms with van der Waals surface area (Å²) in [5.41, 5.74) is 1.64. The van der Waals surface area contributed by atoms with Crippen LogP contribution in [0.25, 0.3) is 5.95 Å². The standard InChI is InChI=1S/C17H21N5O5/c1-6-26-15(24)12-11(5)21-22(17-18-9(3)8-10(4)19-17)13(12)20-14(23)16(25)27-7-2/h8H,6-7H2,1-5H3,(H,20,23). The van der Waals surface area contributed by atoms with Crippen molar-refractivity contribution in [1.29, 1.82) is 0 Å². The van der Waals surface area contributed by atoms with Gasteiger partial charge in [-0.25, -0.2) is 19.6 Å². The number of hydrogen-bond donors (Lipinski definition) is 1. The van der Waals surface area contributed by atoms with Crippen LogP contribution in [0.1, 0.15) is 41.3 Å². The quantitative estimate of drug-likeness (QED) is 0.612. The molecular weight excluding hydrogens is 354 g/mol. The summed E-state index contributed by atoms with van der Waals surface area (Å²) in [4.78, 5) is 44.8. The lowest BCUT2D eigenvalue weighted by Gasteiger charge is -2.10. The largest absolute Gasteiger partial charge is 0.462 e. The topological polar surface area (TPSA) is 125 Å². The molecule has 2 heterocycles. The monoisotopic (exact) mass is 375 g/mol. The van der Waals surface area contributed by atoms with Crippen LogP contribution in [0.15, 0.2) is 6.07 Å². The van der Waals surface area contributed by atoms with Crippen molar-refractivity contribution < 1.29 is 23.9 Å². The van der Waals surface area contributed by atoms with E-state index in [0.717, 1.165) is 0 Å². The zero-order valence-electron chi connectivity index (χ0n) is 15.8. The third-order valence-corrected chi connectivity index (χ3v) is 3.39. The summed E-state index contributed by atoms with van der Waals surface area (Å²) in [7, 11) is 0. The van der Waals surface area contributed by atoms with E-state index >= 15 is 0 Å². The van der Waals surface area contributed by atoms with Crippen molar-refractivity contribution >= 4 is 23.7 Å². The maximum atomic E-state index is 12.4. The highest BCUT2D eigenvalue weighted by Crippen LogP contribution is 2.24. The highest BCUT2D eigenvalue weighted by atomic mass is 16.5. The van der Waals surface area contributed by atoms with Crippen LogP contribution < -0.4 is 5.32 Å². The van der Waals surface area contributed by atoms with Gasteiger partial charge in [-0.2, -0.15) is 9.78 Å². The lowest BCUT2D eigenvalue weighted by Crippen LogP contribution is -2.27. The number of esters is 2. The average molecular weight is 375 g/mol. The Labute approximate surface area is 155 Å². The lowest BCUT2D eigenvalue weighted by molar-refractivity contribution is -0.152. The van der Waals surface area contributed by atoms with Gasteiger partial charge >= 0.3 is 17.8 Å². The first-order valence-corrected chi connectivity index (χ1v) is 8.35. The number of carbonyl (C=O) groups excluding carboxylic acids is 3. The molecule has 0 radical (unpaired) electrons. The van der Waals surface area contributed by atoms with Gasteiger partial charge in [0.15, 0.2) is 5.82 Å². The van der Waals surface area contributed by atoms with Crippen molar-refractivity contribution in [1.82, 2.24) is 19.7 Å². The average Bonchev–Trinajstić information content (AvgIpc) is 2.90. The number of anilines is 1. The van der Waals surface area contributed by atoms with Gasteiger partial charge in [-0.1, -0.05) is 0 Å². The number of nitrogens with one attached hydrogen (secondary N) is 1. The van der Waals surface area contributed by atoms with Crippen LogP contribution in [0.5, 0.6) is 0 Å². The molecule has 0 fully saturated rings. The minimum absolute atomic E-state index is 0.0113. The molecule has 0 bridgehead atoms. The van der Waals surface area contributed by atoms with Gasteiger partial charge in [-0.15, -0.1) is 0 Å². The molecule has 0 aliphatic heterocycles. The van der Waals surface area contributed by atoms with Crippen molar-refractivity contribution in [3.8, 4) is 5.95 Å². The van der Waals surface area contributed by atoms with Crippen LogP contribution in [0, 0.1) is 20.8 Å². The second-order valence-electron chi connectivity index (χ2n) is 5.57. The third-order valence-electron chi connectivity index (χ3n) is 3.39. The van der Waals surface area contributed by atoms with E-state index in [1.807, 2.05) is 0 Å². The molecule has 2 rings (SSSR count). The van der Waals surface area contributed by atoms with Crippen LogP contribution in [0.3, 0.4) is 0 Å². The van der Waals surface area contributed by atoms with Crippen LogP contribution in [-0.2, 0) is 19.1 Å². The molecule has 2 aromatic rings. The van der Waals surface area contributed by atoms with E-state index < -0.39 is 17.8 Å². The highest BCUT2D eigenvalue weighted by molar-refractivity contribution is 6.37. The second-order valence-corrected chi connectivity index (χ2v) is 5.57. The van der Waals surface area contributed by atoms with Gasteiger partial charge in [0.1, 0.15) is 5.56 Å². The summed E-state index contributed by atoms with van der Waals surface area (Å²) in [6.45, 7) is 8.53. The first-order chi connectivity index (χ1) is 12.8. The molecule has 0 saturated carbocycles. The fourth-order valence-electron chi connectivity index (χ4n) is 2.39. The predicted molar refractivity (Wildman–Crippen MR) is 94.6 cm³/mol. The van der Waals surface area contributed by atoms with E-state index in [2.05, 4.69) is 25.1 Å². The lowest BCUT2D eigenvalue weighted by atomic mass is 10.2. The minimum atomic E-state index is -1.08. The molecule has 0 saturated heterocycles. The second kappa shape index (κ2) is 8.39. The minimum Gasteiger partial charge on any atom is -0.462 e. The summed E-state index contributed by atoms with van der Waals surface area (Å²) in [5.74, 6) is -2.74. The molecule has 144 valence electrons. The Morgan fingerprint density at radius 3 is 2.19 bits per heavy atom. The Morgan fingerprint density at radius 1 is 1.04 bits per heavy atom. The van der Waals surface area contributed by atoms with Gasteiger partial charge in [-0.05, 0) is 40.7 Å². The smallest absolute Gasteiger partial charge is 0.397 e. The van der Waals surface area contributed by atoms with Gasteiger partial charge in [0.25, 0.3) is 5.95 Å². The molecule has 2 aromatic heterocycles. The fraction of sp³-hybridized carbons (Fsp3) is 0.412. The van der Waals surface area contributed by atoms with Gasteiger partial charge in [-0.3, -0.25) is 10.1 Å². The van der Waals surface area contributed by atoms with Crippen LogP contribution in [0.2, 0.25) is 0 Å². The van der Waals surface area contributed by atoms with Crippen molar-refractivity contribution in [2.75, 3.05) is 18.5 Å². The number of rotatable bonds is 5. The summed E-state index contributed by atoms with van der Waals surface area (Å²) < 4.78 is 10.9. The predicted octanol–water partition coefficient (Wildman–Crippen LogP) is 1.27. The summed E-state index contributed by atoms with van der Waals surface area (Å²) in [6, 6.07) is 1.77. The van der Waals surface area contributed by atoms with E-state index in [9.17, 15) is 14.4 Å². The van der Waals surface area contributed by atoms with E-state index in [0.29, 0.717) is 11.4 Å². The molecule has 10 nitrogen and oxygen atoms in total. The molecule has 0 aromatic carbocycles. The molecule has 1 N–H and O–H groups in total. The highest BCUT2D eigenvalue weighted by Gasteiger charge is 2.28. The number of ether oxygens (including phenoxy) is 2. The van der Waals surface area contributed by atoms with Crippen molar-refractivity contribution in [3.05, 3.63) is 28.7 Å². The number of carbonyl (C=O) groups is 3. The Kier molecular flexibility index (Phi) is 6.22. The Balaban J connectivity index is 2.59. The normalized spacial score (nSPS) is 10.4. The molecule has 0 spiro atoms. The molecule has 0 atom stereocenters. The number of nitrogens with zero attached hydrogens (tertiary/aromatic N) is 4. The molecule has 0 aliphatic rings. The number of amides is 1. The van der Waals surface area contributed by atoms with Gasteiger partial charge < -0.3 is 9.47 Å². The zero-order chi connectivity index (χ0) is 20.1. The van der Waals surface area contributed by atoms with Crippen LogP contribution in [-0.4, -0.2) is 50.8 Å². The Morgan fingerprint density at radius 2 is 1.63 bits per heavy atom. The van der Waals surface area contributed by atoms with E-state index in [1.165, 1.54) is 4.68 Å². The molecule has 1 amide bonds. The maximum Gasteiger partial charge on any atom is 0.397 e. The van der Waals surface area contributed by atoms with Crippen molar-refractivity contribution in [3.63, 3.8) is 0 Å². The first-order valence-electron chi connectivity index (χ1n) is 8.35. The molecular formula is C17H21N5O5. The van der Waals surface area contributed by atoms with Gasteiger partial charge in [0.05, 0.1) is 18.9 Å². The summed E-state index contributed by atoms with van der Waals surface area (Å²) in [5, 5.41) is 6.62. The summed E-state index contributed by atoms with van der Waals surface area (Å²) >= 11 is 0. The van der Waals surface area contributed by atoms with Crippen LogP contribution in [0.4, 0.5) is 5.82 Å². The van der Waals surface area contributed by atoms with Crippen molar-refractivity contribution in [2.45, 2.75) is 34.6 Å². The number of aryl methyl sites for hydroxylation is 3. The Bertz CT molecular complexity index is 870. The number of hydrogen-bond acceptors (Lipinski definition) is 8. The molecule has 10 heteroatoms. The summed E-state index contributed by atoms with van der Waals surface area (Å²) in [6.07, 6.45) is 0. The SMILES string of the molecule is CCOC(=O)C(=O)Nc1c(C(=O)OCC)c(C)nn1-c1nc(C)cc(C)n1. The Hall–Kier alpha value is -3.30. The zero-order valence-corrected chi connectivity index (χ0v) is 15.8. The molecule has 0 aliphatic carbocycles. The first kappa shape index (κ1) is 20.0. The van der Waals surface area contributed by atoms with E-state index in [1.54, 1.807) is 40.7 Å². The van der Waals surface area contributed by atoms with Crippen molar-refractivity contribution in [2.24, 2.45) is 0 Å². The van der Waals surface area contributed by atoms with E-state index in [4.69, 9.17) is 4.74 Å². The van der Waals surface area contributed by atoms with Gasteiger partial charge in [0, 0.05) is 11.4 Å². The number of aromatic nitrogens is 4.